The van der Waals surface area contributed by atoms with Gasteiger partial charge in [-0.2, -0.15) is 5.10 Å². The van der Waals surface area contributed by atoms with E-state index in [-0.39, 0.29) is 53.9 Å². The largest absolute Gasteiger partial charge is 0.385 e. The summed E-state index contributed by atoms with van der Waals surface area (Å²) < 4.78 is 39.6. The quantitative estimate of drug-likeness (QED) is 0.0761. The molecule has 4 aliphatic heterocycles. The molecule has 2 unspecified atom stereocenters. The van der Waals surface area contributed by atoms with E-state index < -0.39 is 41.6 Å². The maximum absolute atomic E-state index is 15.0. The molecule has 65 heavy (non-hydrogen) atoms. The Morgan fingerprint density at radius 3 is 2.54 bits per heavy atom. The van der Waals surface area contributed by atoms with E-state index in [1.807, 2.05) is 29.1 Å². The van der Waals surface area contributed by atoms with E-state index in [4.69, 9.17) is 9.84 Å². The van der Waals surface area contributed by atoms with Crippen molar-refractivity contribution in [3.05, 3.63) is 82.3 Å². The number of rotatable bonds is 13. The summed E-state index contributed by atoms with van der Waals surface area (Å²) in [5, 5.41) is 16.3. The molecule has 1 aliphatic carbocycles. The minimum Gasteiger partial charge on any atom is -0.385 e. The lowest BCUT2D eigenvalue weighted by Crippen LogP contribution is -2.46. The zero-order valence-electron chi connectivity index (χ0n) is 36.3. The molecule has 2 atom stereocenters. The average molecular weight is 894 g/mol. The van der Waals surface area contributed by atoms with Gasteiger partial charge in [-0.25, -0.2) is 13.6 Å². The number of hydrogen-bond acceptors (Lipinski definition) is 10. The second kappa shape index (κ2) is 18.6. The number of ketones is 2. The number of carbonyl (C=O) groups excluding carboxylic acids is 6. The summed E-state index contributed by atoms with van der Waals surface area (Å²) in [7, 11) is 1.62. The molecule has 2 aromatic heterocycles. The lowest BCUT2D eigenvalue weighted by atomic mass is 9.82. The Morgan fingerprint density at radius 1 is 0.938 bits per heavy atom. The number of aromatic nitrogens is 3. The van der Waals surface area contributed by atoms with Gasteiger partial charge < -0.3 is 35.1 Å². The number of imide groups is 1. The highest BCUT2D eigenvalue weighted by molar-refractivity contribution is 6.28. The molecule has 4 aromatic rings. The number of aryl methyl sites for hydroxylation is 1. The molecule has 6 heterocycles. The summed E-state index contributed by atoms with van der Waals surface area (Å²) in [4.78, 5) is 79.6. The van der Waals surface area contributed by atoms with E-state index in [2.05, 4.69) is 30.8 Å². The summed E-state index contributed by atoms with van der Waals surface area (Å²) in [6.45, 7) is 4.05. The van der Waals surface area contributed by atoms with Crippen LogP contribution in [-0.4, -0.2) is 101 Å². The van der Waals surface area contributed by atoms with Crippen LogP contribution in [0.4, 0.5) is 30.8 Å². The molecule has 5 amide bonds. The molecule has 2 aromatic carbocycles. The second-order valence-electron chi connectivity index (χ2n) is 17.4. The lowest BCUT2D eigenvalue weighted by molar-refractivity contribution is -0.137. The predicted octanol–water partition coefficient (Wildman–Crippen LogP) is 5.48. The summed E-state index contributed by atoms with van der Waals surface area (Å²) >= 11 is 0. The first-order valence-electron chi connectivity index (χ1n) is 22.6. The number of benzene rings is 2. The van der Waals surface area contributed by atoms with Gasteiger partial charge in [-0.3, -0.25) is 34.0 Å². The number of Topliss-reactive ketones (excluding diaryl/α,β-unsaturated/α-hetero) is 2. The van der Waals surface area contributed by atoms with Gasteiger partial charge in [0.2, 0.25) is 17.7 Å². The molecule has 0 saturated carbocycles. The van der Waals surface area contributed by atoms with E-state index in [1.54, 1.807) is 36.2 Å². The number of ether oxygens (including phenoxy) is 1. The molecular formula is C47H53F2N9O7. The van der Waals surface area contributed by atoms with E-state index >= 15 is 8.78 Å². The van der Waals surface area contributed by atoms with Crippen molar-refractivity contribution >= 4 is 52.5 Å². The van der Waals surface area contributed by atoms with Crippen molar-refractivity contribution in [1.82, 2.24) is 35.2 Å². The van der Waals surface area contributed by atoms with E-state index in [9.17, 15) is 28.8 Å². The van der Waals surface area contributed by atoms with Gasteiger partial charge in [-0.15, -0.1) is 0 Å². The molecule has 4 N–H and O–H groups in total. The van der Waals surface area contributed by atoms with Crippen LogP contribution in [0.2, 0.25) is 0 Å². The van der Waals surface area contributed by atoms with Crippen LogP contribution < -0.4 is 26.2 Å². The molecule has 0 bridgehead atoms. The highest BCUT2D eigenvalue weighted by atomic mass is 19.3. The summed E-state index contributed by atoms with van der Waals surface area (Å²) in [6, 6.07) is 10.2. The molecule has 0 spiro atoms. The smallest absolute Gasteiger partial charge is 0.317 e. The Hall–Kier alpha value is -6.43. The van der Waals surface area contributed by atoms with Gasteiger partial charge in [0.15, 0.2) is 17.4 Å². The third kappa shape index (κ3) is 8.75. The first-order chi connectivity index (χ1) is 31.5. The van der Waals surface area contributed by atoms with Gasteiger partial charge >= 0.3 is 6.03 Å². The van der Waals surface area contributed by atoms with Crippen LogP contribution >= 0.6 is 0 Å². The molecular weight excluding hydrogens is 841 g/mol. The summed E-state index contributed by atoms with van der Waals surface area (Å²) in [5.74, 6) is -3.29. The van der Waals surface area contributed by atoms with E-state index in [1.165, 1.54) is 0 Å². The number of piperidine rings is 1. The summed E-state index contributed by atoms with van der Waals surface area (Å²) in [6.07, 6.45) is 5.71. The highest BCUT2D eigenvalue weighted by Gasteiger charge is 2.47. The van der Waals surface area contributed by atoms with Crippen LogP contribution in [0, 0.1) is 11.8 Å². The Labute approximate surface area is 374 Å². The molecule has 342 valence electrons. The molecule has 0 radical (unpaired) electrons. The third-order valence-corrected chi connectivity index (χ3v) is 13.4. The number of urea groups is 1. The van der Waals surface area contributed by atoms with Gasteiger partial charge in [0.05, 0.1) is 24.4 Å². The molecule has 5 aliphatic rings. The number of anilines is 3. The molecule has 9 rings (SSSR count). The lowest BCUT2D eigenvalue weighted by Gasteiger charge is -2.33. The van der Waals surface area contributed by atoms with Crippen molar-refractivity contribution in [3.8, 4) is 11.1 Å². The molecule has 18 heteroatoms. The summed E-state index contributed by atoms with van der Waals surface area (Å²) in [5.41, 5.74) is 5.87. The van der Waals surface area contributed by atoms with Crippen molar-refractivity contribution in [2.24, 2.45) is 11.8 Å². The normalized spacial score (nSPS) is 19.8. The number of hydrogen-bond donors (Lipinski definition) is 4. The fourth-order valence-electron chi connectivity index (χ4n) is 10.1. The maximum atomic E-state index is 15.0. The van der Waals surface area contributed by atoms with Crippen molar-refractivity contribution in [1.29, 1.82) is 0 Å². The first-order valence-corrected chi connectivity index (χ1v) is 22.6. The number of fused-ring (bicyclic) bond motifs is 3. The number of carbonyl (C=O) groups is 6. The molecule has 2 fully saturated rings. The van der Waals surface area contributed by atoms with Crippen LogP contribution in [0.3, 0.4) is 0 Å². The van der Waals surface area contributed by atoms with Gasteiger partial charge in [0.1, 0.15) is 0 Å². The maximum Gasteiger partial charge on any atom is 0.317 e. The number of halogens is 2. The van der Waals surface area contributed by atoms with E-state index in [0.29, 0.717) is 87.8 Å². The first kappa shape index (κ1) is 43.8. The van der Waals surface area contributed by atoms with Crippen LogP contribution in [-0.2, 0) is 45.1 Å². The van der Waals surface area contributed by atoms with Crippen LogP contribution in [0.5, 0.6) is 0 Å². The second-order valence-corrected chi connectivity index (χ2v) is 17.4. The van der Waals surface area contributed by atoms with Crippen molar-refractivity contribution < 1.29 is 42.3 Å². The number of amides is 5. The van der Waals surface area contributed by atoms with Crippen LogP contribution in [0.25, 0.3) is 11.1 Å². The van der Waals surface area contributed by atoms with E-state index in [0.717, 1.165) is 48.3 Å². The van der Waals surface area contributed by atoms with Crippen LogP contribution in [0.15, 0.2) is 48.8 Å². The Kier molecular flexibility index (Phi) is 12.5. The van der Waals surface area contributed by atoms with Crippen molar-refractivity contribution in [2.75, 3.05) is 56.7 Å². The predicted molar refractivity (Wildman–Crippen MR) is 235 cm³/mol. The zero-order valence-corrected chi connectivity index (χ0v) is 36.3. The minimum atomic E-state index is -2.74. The zero-order chi connectivity index (χ0) is 45.4. The highest BCUT2D eigenvalue weighted by Crippen LogP contribution is 2.44. The standard InChI is InChI=1S/C47H53F2N9O7/c1-50-47(64)56-18-11-37-36(26-56)45(54-58(37)30-12-20-65-21-13-30)57-16-3-4-27-22-33(35(44(48)49)24-38(27)57)28-10-17-55(25-28)19-15-52-39(59)5-2-14-51-29-6-7-31-34(23-29)43(62)41(42(31)61)32-8-9-40(60)53-46(32)63/h6-7,10,17,22-25,30,32,41,44,51H,2-5,8-9,11-16,18-21,26H2,1H3,(H,50,64)(H,52,59)(H,53,60,63). The molecule has 16 nitrogen and oxygen atoms in total. The number of nitrogens with zero attached hydrogens (tertiary/aromatic N) is 5. The minimum absolute atomic E-state index is 0.0728. The fraction of sp³-hybridized carbons (Fsp3) is 0.468. The SMILES string of the molecule is CNC(=O)N1CCc2c(c(N3CCCc4cc(-c5ccn(CCNC(=O)CCCNc6ccc7c(c6)C(=O)C(C6CCC(=O)NC6=O)C7=O)c5)c(C(F)F)cc43)nn2C2CCOCC2)C1. The van der Waals surface area contributed by atoms with Crippen molar-refractivity contribution in [3.63, 3.8) is 0 Å². The monoisotopic (exact) mass is 893 g/mol. The van der Waals surface area contributed by atoms with Crippen molar-refractivity contribution in [2.45, 2.75) is 83.3 Å². The van der Waals surface area contributed by atoms with Gasteiger partial charge in [0.25, 0.3) is 6.43 Å². The van der Waals surface area contributed by atoms with Gasteiger partial charge in [-0.05, 0) is 91.6 Å². The fourth-order valence-corrected chi connectivity index (χ4v) is 10.1. The van der Waals surface area contributed by atoms with Crippen LogP contribution in [0.1, 0.15) is 101 Å². The van der Waals surface area contributed by atoms with Gasteiger partial charge in [0, 0.05) is 124 Å². The number of alkyl halides is 2. The average Bonchev–Trinajstić information content (AvgIpc) is 4.01. The number of nitrogens with one attached hydrogen (secondary N) is 4. The Morgan fingerprint density at radius 2 is 1.75 bits per heavy atom. The Bertz CT molecular complexity index is 2550. The molecule has 2 saturated heterocycles. The third-order valence-electron chi connectivity index (χ3n) is 13.4. The van der Waals surface area contributed by atoms with Gasteiger partial charge in [-0.1, -0.05) is 0 Å². The Balaban J connectivity index is 0.810. The topological polar surface area (TPSA) is 189 Å².